The molecular weight excluding hydrogens is 312 g/mol. The molecule has 3 unspecified atom stereocenters. The molecule has 0 aliphatic heterocycles. The fourth-order valence-corrected chi connectivity index (χ4v) is 3.61. The molecule has 0 spiro atoms. The van der Waals surface area contributed by atoms with Gasteiger partial charge in [0, 0.05) is 18.0 Å². The van der Waals surface area contributed by atoms with E-state index in [0.29, 0.717) is 12.6 Å². The van der Waals surface area contributed by atoms with Gasteiger partial charge in [-0.1, -0.05) is 33.6 Å². The Bertz CT molecular complexity index is 384. The fourth-order valence-electron chi connectivity index (χ4n) is 3.61. The van der Waals surface area contributed by atoms with Crippen molar-refractivity contribution in [2.24, 2.45) is 10.4 Å². The number of nitrogens with zero attached hydrogens (tertiary/aromatic N) is 2. The predicted octanol–water partition coefficient (Wildman–Crippen LogP) is 2.99. The van der Waals surface area contributed by atoms with Gasteiger partial charge in [-0.15, -0.1) is 0 Å². The molecule has 0 aromatic heterocycles. The smallest absolute Gasteiger partial charge is 0.191 e. The first-order valence-corrected chi connectivity index (χ1v) is 10.4. The van der Waals surface area contributed by atoms with Crippen LogP contribution in [0.3, 0.4) is 0 Å². The topological polar surface area (TPSA) is 59.9 Å². The van der Waals surface area contributed by atoms with Crippen LogP contribution in [0.25, 0.3) is 0 Å². The molecule has 0 aromatic carbocycles. The molecule has 5 heteroatoms. The molecule has 25 heavy (non-hydrogen) atoms. The third-order valence-electron chi connectivity index (χ3n) is 5.61. The van der Waals surface area contributed by atoms with E-state index in [-0.39, 0.29) is 11.5 Å². The van der Waals surface area contributed by atoms with Gasteiger partial charge in [-0.25, -0.2) is 0 Å². The summed E-state index contributed by atoms with van der Waals surface area (Å²) >= 11 is 0. The lowest BCUT2D eigenvalue weighted by Gasteiger charge is -2.37. The van der Waals surface area contributed by atoms with E-state index < -0.39 is 0 Å². The molecule has 1 saturated carbocycles. The summed E-state index contributed by atoms with van der Waals surface area (Å²) in [6.07, 6.45) is 6.44. The van der Waals surface area contributed by atoms with Crippen LogP contribution < -0.4 is 10.6 Å². The van der Waals surface area contributed by atoms with E-state index in [9.17, 15) is 5.11 Å². The van der Waals surface area contributed by atoms with Crippen molar-refractivity contribution in [2.45, 2.75) is 85.3 Å². The van der Waals surface area contributed by atoms with Gasteiger partial charge < -0.3 is 20.6 Å². The molecule has 1 fully saturated rings. The summed E-state index contributed by atoms with van der Waals surface area (Å²) in [5.41, 5.74) is -0.0768. The van der Waals surface area contributed by atoms with Gasteiger partial charge in [0.15, 0.2) is 5.96 Å². The SMILES string of the molecule is CCNC(=NCC1(C)CCCCC1O)NC(C)CCCN(CC)CC. The second kappa shape index (κ2) is 11.7. The van der Waals surface area contributed by atoms with E-state index in [2.05, 4.69) is 50.2 Å². The Labute approximate surface area is 155 Å². The molecular formula is C20H42N4O. The van der Waals surface area contributed by atoms with Gasteiger partial charge in [0.05, 0.1) is 12.6 Å². The largest absolute Gasteiger partial charge is 0.392 e. The first kappa shape index (κ1) is 22.2. The molecule has 0 aromatic rings. The molecule has 0 heterocycles. The Morgan fingerprint density at radius 1 is 1.28 bits per heavy atom. The van der Waals surface area contributed by atoms with Crippen LogP contribution in [0.1, 0.15) is 73.1 Å². The van der Waals surface area contributed by atoms with Crippen LogP contribution in [0.5, 0.6) is 0 Å². The zero-order valence-corrected chi connectivity index (χ0v) is 17.3. The van der Waals surface area contributed by atoms with Gasteiger partial charge in [0.2, 0.25) is 0 Å². The van der Waals surface area contributed by atoms with Crippen LogP contribution >= 0.6 is 0 Å². The Morgan fingerprint density at radius 2 is 2.00 bits per heavy atom. The third-order valence-corrected chi connectivity index (χ3v) is 5.61. The first-order valence-electron chi connectivity index (χ1n) is 10.4. The number of guanidine groups is 1. The minimum Gasteiger partial charge on any atom is -0.392 e. The highest BCUT2D eigenvalue weighted by Crippen LogP contribution is 2.36. The van der Waals surface area contributed by atoms with Crippen LogP contribution in [0.15, 0.2) is 4.99 Å². The zero-order valence-electron chi connectivity index (χ0n) is 17.3. The second-order valence-electron chi connectivity index (χ2n) is 7.83. The molecule has 0 bridgehead atoms. The highest BCUT2D eigenvalue weighted by molar-refractivity contribution is 5.80. The molecule has 0 amide bonds. The van der Waals surface area contributed by atoms with Gasteiger partial charge >= 0.3 is 0 Å². The Hall–Kier alpha value is -0.810. The Morgan fingerprint density at radius 3 is 2.60 bits per heavy atom. The van der Waals surface area contributed by atoms with E-state index in [1.807, 2.05) is 0 Å². The van der Waals surface area contributed by atoms with Crippen molar-refractivity contribution in [1.29, 1.82) is 0 Å². The van der Waals surface area contributed by atoms with E-state index in [4.69, 9.17) is 4.99 Å². The normalized spacial score (nSPS) is 25.9. The van der Waals surface area contributed by atoms with E-state index in [0.717, 1.165) is 57.8 Å². The quantitative estimate of drug-likeness (QED) is 0.417. The maximum absolute atomic E-state index is 10.4. The van der Waals surface area contributed by atoms with Gasteiger partial charge in [0.25, 0.3) is 0 Å². The maximum atomic E-state index is 10.4. The number of hydrogen-bond acceptors (Lipinski definition) is 3. The molecule has 1 aliphatic carbocycles. The van der Waals surface area contributed by atoms with Gasteiger partial charge in [0.1, 0.15) is 0 Å². The Kier molecular flexibility index (Phi) is 10.4. The van der Waals surface area contributed by atoms with Crippen LogP contribution in [-0.2, 0) is 0 Å². The summed E-state index contributed by atoms with van der Waals surface area (Å²) in [4.78, 5) is 7.27. The van der Waals surface area contributed by atoms with Crippen molar-refractivity contribution in [1.82, 2.24) is 15.5 Å². The van der Waals surface area contributed by atoms with Gasteiger partial charge in [-0.05, 0) is 59.2 Å². The van der Waals surface area contributed by atoms with E-state index in [1.165, 1.54) is 12.8 Å². The van der Waals surface area contributed by atoms with Gasteiger partial charge in [-0.3, -0.25) is 4.99 Å². The number of nitrogens with one attached hydrogen (secondary N) is 2. The van der Waals surface area contributed by atoms with Crippen LogP contribution in [-0.4, -0.2) is 60.8 Å². The lowest BCUT2D eigenvalue weighted by atomic mass is 9.73. The summed E-state index contributed by atoms with van der Waals surface area (Å²) in [6, 6.07) is 0.400. The predicted molar refractivity (Wildman–Crippen MR) is 108 cm³/mol. The first-order chi connectivity index (χ1) is 11.9. The fraction of sp³-hybridized carbons (Fsp3) is 0.950. The third kappa shape index (κ3) is 7.95. The van der Waals surface area contributed by atoms with Crippen LogP contribution in [0.2, 0.25) is 0 Å². The van der Waals surface area contributed by atoms with E-state index >= 15 is 0 Å². The minimum absolute atomic E-state index is 0.0768. The van der Waals surface area contributed by atoms with Crippen molar-refractivity contribution in [3.63, 3.8) is 0 Å². The number of aliphatic imine (C=N–C) groups is 1. The summed E-state index contributed by atoms with van der Waals surface area (Å²) < 4.78 is 0. The highest BCUT2D eigenvalue weighted by Gasteiger charge is 2.35. The number of rotatable bonds is 10. The molecule has 148 valence electrons. The molecule has 0 radical (unpaired) electrons. The summed E-state index contributed by atoms with van der Waals surface area (Å²) in [6.45, 7) is 15.9. The zero-order chi connectivity index (χ0) is 18.7. The minimum atomic E-state index is -0.223. The van der Waals surface area contributed by atoms with Crippen molar-refractivity contribution < 1.29 is 5.11 Å². The number of aliphatic hydroxyl groups is 1. The Balaban J connectivity index is 2.49. The molecule has 3 atom stereocenters. The molecule has 3 N–H and O–H groups in total. The number of aliphatic hydroxyl groups excluding tert-OH is 1. The average Bonchev–Trinajstić information content (AvgIpc) is 2.60. The number of hydrogen-bond donors (Lipinski definition) is 3. The summed E-state index contributed by atoms with van der Waals surface area (Å²) in [5.74, 6) is 0.886. The monoisotopic (exact) mass is 354 g/mol. The van der Waals surface area contributed by atoms with Crippen molar-refractivity contribution in [2.75, 3.05) is 32.7 Å². The van der Waals surface area contributed by atoms with Crippen LogP contribution in [0, 0.1) is 5.41 Å². The lowest BCUT2D eigenvalue weighted by Crippen LogP contribution is -2.44. The summed E-state index contributed by atoms with van der Waals surface area (Å²) in [7, 11) is 0. The molecule has 0 saturated heterocycles. The summed E-state index contributed by atoms with van der Waals surface area (Å²) in [5, 5.41) is 17.2. The van der Waals surface area contributed by atoms with Crippen molar-refractivity contribution in [3.05, 3.63) is 0 Å². The van der Waals surface area contributed by atoms with Crippen molar-refractivity contribution >= 4 is 5.96 Å². The molecule has 1 rings (SSSR count). The highest BCUT2D eigenvalue weighted by atomic mass is 16.3. The lowest BCUT2D eigenvalue weighted by molar-refractivity contribution is 0.00715. The van der Waals surface area contributed by atoms with Crippen molar-refractivity contribution in [3.8, 4) is 0 Å². The van der Waals surface area contributed by atoms with Crippen LogP contribution in [0.4, 0.5) is 0 Å². The molecule has 1 aliphatic rings. The van der Waals surface area contributed by atoms with E-state index in [1.54, 1.807) is 0 Å². The molecule has 5 nitrogen and oxygen atoms in total. The maximum Gasteiger partial charge on any atom is 0.191 e. The average molecular weight is 355 g/mol. The van der Waals surface area contributed by atoms with Gasteiger partial charge in [-0.2, -0.15) is 0 Å². The second-order valence-corrected chi connectivity index (χ2v) is 7.83. The standard InChI is InChI=1S/C20H42N4O/c1-6-21-19(22-16-20(5)14-10-9-13-18(20)25)23-17(4)12-11-15-24(7-2)8-3/h17-18,25H,6-16H2,1-5H3,(H2,21,22,23).